The quantitative estimate of drug-likeness (QED) is 0.189. The highest BCUT2D eigenvalue weighted by Gasteiger charge is 2.38. The van der Waals surface area contributed by atoms with Crippen LogP contribution in [0.15, 0.2) is 94.1 Å². The minimum absolute atomic E-state index is 0.195. The Balaban J connectivity index is 1.65. The lowest BCUT2D eigenvalue weighted by molar-refractivity contribution is -0.111. The second-order valence-electron chi connectivity index (χ2n) is 10.2. The van der Waals surface area contributed by atoms with Gasteiger partial charge in [-0.15, -0.1) is 0 Å². The zero-order valence-electron chi connectivity index (χ0n) is 26.8. The Morgan fingerprint density at radius 3 is 1.76 bits per heavy atom. The lowest BCUT2D eigenvalue weighted by Gasteiger charge is -2.35. The van der Waals surface area contributed by atoms with Crippen LogP contribution >= 0.6 is 11.8 Å². The fourth-order valence-corrected chi connectivity index (χ4v) is 6.30. The number of aliphatic imine (C=N–C) groups is 1. The summed E-state index contributed by atoms with van der Waals surface area (Å²) in [6.07, 6.45) is 7.04. The van der Waals surface area contributed by atoms with Gasteiger partial charge in [-0.25, -0.2) is 4.99 Å². The number of hydrogen-bond donors (Lipinski definition) is 0. The highest BCUT2D eigenvalue weighted by molar-refractivity contribution is 8.16. The third-order valence-electron chi connectivity index (χ3n) is 7.56. The number of ether oxygens (including phenoxy) is 6. The van der Waals surface area contributed by atoms with Crippen LogP contribution in [0.4, 0.5) is 0 Å². The number of ketones is 1. The molecule has 3 aromatic rings. The van der Waals surface area contributed by atoms with Crippen LogP contribution in [0.5, 0.6) is 34.5 Å². The zero-order chi connectivity index (χ0) is 32.8. The second-order valence-corrected chi connectivity index (χ2v) is 11.0. The molecule has 0 radical (unpaired) electrons. The third-order valence-corrected chi connectivity index (χ3v) is 8.52. The number of amidine groups is 1. The maximum atomic E-state index is 14.3. The summed E-state index contributed by atoms with van der Waals surface area (Å²) in [4.78, 5) is 21.4. The molecule has 2 aliphatic heterocycles. The molecule has 5 rings (SSSR count). The number of benzene rings is 3. The van der Waals surface area contributed by atoms with E-state index in [1.807, 2.05) is 61.5 Å². The predicted molar refractivity (Wildman–Crippen MR) is 182 cm³/mol. The molecule has 10 heteroatoms. The monoisotopic (exact) mass is 640 g/mol. The molecule has 2 aliphatic rings. The van der Waals surface area contributed by atoms with Gasteiger partial charge in [0.25, 0.3) is 0 Å². The number of thioether (sulfide) groups is 1. The Morgan fingerprint density at radius 1 is 0.739 bits per heavy atom. The van der Waals surface area contributed by atoms with Crippen molar-refractivity contribution in [2.75, 3.05) is 42.7 Å². The summed E-state index contributed by atoms with van der Waals surface area (Å²) in [6, 6.07) is 16.8. The van der Waals surface area contributed by atoms with Crippen molar-refractivity contribution in [2.24, 2.45) is 4.99 Å². The molecule has 238 valence electrons. The molecule has 0 aromatic heterocycles. The number of carbonyl (C=O) groups excluding carboxylic acids is 1. The van der Waals surface area contributed by atoms with Gasteiger partial charge in [0.2, 0.25) is 11.5 Å². The molecule has 3 aromatic carbocycles. The number of rotatable bonds is 12. The summed E-state index contributed by atoms with van der Waals surface area (Å²) in [7, 11) is 9.37. The molecule has 0 aliphatic carbocycles. The SMILES string of the molecule is COc1cc(/C=C/C(=O)C2=C(/C=C/c3cc(OC)c(OC)c(OC)c3)N=C3SC=C(C)N3C2c2ccccc2)cc(OC)c1OC. The first-order valence-electron chi connectivity index (χ1n) is 14.4. The average Bonchev–Trinajstić information content (AvgIpc) is 3.47. The largest absolute Gasteiger partial charge is 0.493 e. The molecule has 0 bridgehead atoms. The Bertz CT molecular complexity index is 1730. The fraction of sp³-hybridized carbons (Fsp3) is 0.222. The van der Waals surface area contributed by atoms with Gasteiger partial charge in [-0.05, 0) is 65.4 Å². The number of nitrogens with zero attached hydrogens (tertiary/aromatic N) is 2. The Kier molecular flexibility index (Phi) is 10.1. The molecule has 0 N–H and O–H groups in total. The highest BCUT2D eigenvalue weighted by atomic mass is 32.2. The summed E-state index contributed by atoms with van der Waals surface area (Å²) in [6.45, 7) is 2.02. The summed E-state index contributed by atoms with van der Waals surface area (Å²) >= 11 is 1.53. The molecule has 1 unspecified atom stereocenters. The summed E-state index contributed by atoms with van der Waals surface area (Å²) in [5.41, 5.74) is 4.54. The van der Waals surface area contributed by atoms with Gasteiger partial charge in [0.1, 0.15) is 0 Å². The summed E-state index contributed by atoms with van der Waals surface area (Å²) in [5.74, 6) is 2.80. The lowest BCUT2D eigenvalue weighted by atomic mass is 9.90. The smallest absolute Gasteiger partial charge is 0.203 e. The summed E-state index contributed by atoms with van der Waals surface area (Å²) in [5, 5.41) is 2.84. The van der Waals surface area contributed by atoms with Crippen molar-refractivity contribution in [3.63, 3.8) is 0 Å². The van der Waals surface area contributed by atoms with E-state index in [0.717, 1.165) is 22.0 Å². The van der Waals surface area contributed by atoms with Crippen LogP contribution in [0.1, 0.15) is 29.7 Å². The minimum atomic E-state index is -0.406. The number of allylic oxidation sites excluding steroid dienone is 3. The molecule has 9 nitrogen and oxygen atoms in total. The lowest BCUT2D eigenvalue weighted by Crippen LogP contribution is -2.35. The average molecular weight is 641 g/mol. The maximum absolute atomic E-state index is 14.3. The van der Waals surface area contributed by atoms with E-state index in [0.29, 0.717) is 51.3 Å². The van der Waals surface area contributed by atoms with Crippen molar-refractivity contribution >= 4 is 34.9 Å². The molecule has 2 heterocycles. The molecule has 0 fully saturated rings. The van der Waals surface area contributed by atoms with E-state index in [9.17, 15) is 4.79 Å². The van der Waals surface area contributed by atoms with Crippen LogP contribution in [0.3, 0.4) is 0 Å². The first kappa shape index (κ1) is 32.3. The number of hydrogen-bond acceptors (Lipinski definition) is 10. The Morgan fingerprint density at radius 2 is 1.26 bits per heavy atom. The molecular weight excluding hydrogens is 604 g/mol. The van der Waals surface area contributed by atoms with E-state index in [1.54, 1.807) is 66.9 Å². The predicted octanol–water partition coefficient (Wildman–Crippen LogP) is 7.31. The van der Waals surface area contributed by atoms with E-state index < -0.39 is 6.04 Å². The normalized spacial score (nSPS) is 15.9. The van der Waals surface area contributed by atoms with Crippen molar-refractivity contribution < 1.29 is 33.2 Å². The van der Waals surface area contributed by atoms with Gasteiger partial charge in [-0.3, -0.25) is 4.79 Å². The molecule has 46 heavy (non-hydrogen) atoms. The van der Waals surface area contributed by atoms with E-state index >= 15 is 0 Å². The maximum Gasteiger partial charge on any atom is 0.203 e. The number of fused-ring (bicyclic) bond motifs is 1. The van der Waals surface area contributed by atoms with Gasteiger partial charge in [0, 0.05) is 5.70 Å². The van der Waals surface area contributed by atoms with Crippen LogP contribution in [0.25, 0.3) is 12.2 Å². The standard InChI is InChI=1S/C36H36N2O7S/c1-22-21-46-36-37-26(15-13-23-17-28(40-2)34(44-6)29(18-23)41-3)32(33(38(22)36)25-11-9-8-10-12-25)27(39)16-14-24-19-30(42-4)35(45-7)31(20-24)43-5/h8-21,33H,1-7H3/b15-13+,16-14+. The van der Waals surface area contributed by atoms with E-state index in [-0.39, 0.29) is 5.78 Å². The van der Waals surface area contributed by atoms with Crippen molar-refractivity contribution in [2.45, 2.75) is 13.0 Å². The van der Waals surface area contributed by atoms with Crippen LogP contribution in [-0.2, 0) is 4.79 Å². The summed E-state index contributed by atoms with van der Waals surface area (Å²) < 4.78 is 33.1. The van der Waals surface area contributed by atoms with Gasteiger partial charge in [-0.1, -0.05) is 54.2 Å². The van der Waals surface area contributed by atoms with Gasteiger partial charge >= 0.3 is 0 Å². The molecular formula is C36H36N2O7S. The highest BCUT2D eigenvalue weighted by Crippen LogP contribution is 2.45. The van der Waals surface area contributed by atoms with Crippen LogP contribution in [0.2, 0.25) is 0 Å². The minimum Gasteiger partial charge on any atom is -0.493 e. The Labute approximate surface area is 273 Å². The topological polar surface area (TPSA) is 88.1 Å². The van der Waals surface area contributed by atoms with Crippen molar-refractivity contribution in [3.05, 3.63) is 106 Å². The first-order valence-corrected chi connectivity index (χ1v) is 15.3. The Hall–Kier alpha value is -5.09. The van der Waals surface area contributed by atoms with E-state index in [1.165, 1.54) is 11.8 Å². The fourth-order valence-electron chi connectivity index (χ4n) is 5.40. The zero-order valence-corrected chi connectivity index (χ0v) is 27.6. The molecule has 1 atom stereocenters. The first-order chi connectivity index (χ1) is 22.4. The number of methoxy groups -OCH3 is 6. The van der Waals surface area contributed by atoms with Gasteiger partial charge in [-0.2, -0.15) is 0 Å². The second kappa shape index (κ2) is 14.3. The van der Waals surface area contributed by atoms with Crippen molar-refractivity contribution in [1.29, 1.82) is 0 Å². The third kappa shape index (κ3) is 6.34. The van der Waals surface area contributed by atoms with Crippen molar-refractivity contribution in [1.82, 2.24) is 4.90 Å². The number of carbonyl (C=O) groups is 1. The van der Waals surface area contributed by atoms with Gasteiger partial charge in [0.05, 0.1) is 60.0 Å². The van der Waals surface area contributed by atoms with Crippen LogP contribution in [-0.4, -0.2) is 58.5 Å². The molecule has 0 spiro atoms. The molecule has 0 saturated carbocycles. The molecule has 0 amide bonds. The van der Waals surface area contributed by atoms with Gasteiger partial charge in [0.15, 0.2) is 33.9 Å². The van der Waals surface area contributed by atoms with E-state index in [2.05, 4.69) is 10.3 Å². The van der Waals surface area contributed by atoms with Crippen molar-refractivity contribution in [3.8, 4) is 34.5 Å². The van der Waals surface area contributed by atoms with Gasteiger partial charge < -0.3 is 33.3 Å². The molecule has 0 saturated heterocycles. The van der Waals surface area contributed by atoms with Crippen LogP contribution in [0, 0.1) is 0 Å². The van der Waals surface area contributed by atoms with Crippen LogP contribution < -0.4 is 28.4 Å². The van der Waals surface area contributed by atoms with E-state index in [4.69, 9.17) is 33.4 Å².